The van der Waals surface area contributed by atoms with E-state index >= 15 is 0 Å². The van der Waals surface area contributed by atoms with Gasteiger partial charge < -0.3 is 15.2 Å². The minimum Gasteiger partial charge on any atom is -0.347 e. The molecular weight excluding hydrogens is 166 g/mol. The molecule has 2 aliphatic carbocycles. The molecule has 2 saturated carbocycles. The quantitative estimate of drug-likeness (QED) is 0.606. The van der Waals surface area contributed by atoms with Crippen LogP contribution < -0.4 is 5.73 Å². The molecule has 1 spiro atoms. The Morgan fingerprint density at radius 2 is 1.54 bits per heavy atom. The van der Waals surface area contributed by atoms with Crippen LogP contribution in [0.15, 0.2) is 0 Å². The van der Waals surface area contributed by atoms with E-state index in [0.29, 0.717) is 17.9 Å². The zero-order valence-corrected chi connectivity index (χ0v) is 7.87. The van der Waals surface area contributed by atoms with Gasteiger partial charge in [-0.1, -0.05) is 0 Å². The first-order valence-electron chi connectivity index (χ1n) is 5.35. The maximum atomic E-state index is 6.00. The van der Waals surface area contributed by atoms with Gasteiger partial charge in [0.15, 0.2) is 5.79 Å². The molecule has 1 saturated heterocycles. The SMILES string of the molecule is NC1C[C@@H]2CC[C@@H](C1)C21OCCO1. The van der Waals surface area contributed by atoms with Crippen molar-refractivity contribution in [1.29, 1.82) is 0 Å². The van der Waals surface area contributed by atoms with E-state index in [-0.39, 0.29) is 5.79 Å². The molecule has 2 atom stereocenters. The second kappa shape index (κ2) is 2.69. The molecule has 0 aromatic rings. The summed E-state index contributed by atoms with van der Waals surface area (Å²) in [6, 6.07) is 0.385. The third-order valence-corrected chi connectivity index (χ3v) is 3.91. The van der Waals surface area contributed by atoms with Crippen LogP contribution in [0.2, 0.25) is 0 Å². The lowest BCUT2D eigenvalue weighted by atomic mass is 9.80. The molecule has 1 heterocycles. The highest BCUT2D eigenvalue weighted by molar-refractivity contribution is 5.01. The predicted octanol–water partition coefficient (Wildman–Crippen LogP) is 0.877. The highest BCUT2D eigenvalue weighted by Gasteiger charge is 2.57. The fourth-order valence-electron chi connectivity index (χ4n) is 3.44. The van der Waals surface area contributed by atoms with Gasteiger partial charge in [-0.05, 0) is 25.7 Å². The zero-order chi connectivity index (χ0) is 8.89. The van der Waals surface area contributed by atoms with Crippen LogP contribution in [0, 0.1) is 11.8 Å². The number of hydrogen-bond acceptors (Lipinski definition) is 3. The van der Waals surface area contributed by atoms with E-state index in [1.165, 1.54) is 12.8 Å². The van der Waals surface area contributed by atoms with E-state index in [4.69, 9.17) is 15.2 Å². The Morgan fingerprint density at radius 3 is 2.08 bits per heavy atom. The van der Waals surface area contributed by atoms with Crippen LogP contribution >= 0.6 is 0 Å². The van der Waals surface area contributed by atoms with E-state index in [0.717, 1.165) is 26.1 Å². The van der Waals surface area contributed by atoms with Crippen LogP contribution in [0.25, 0.3) is 0 Å². The summed E-state index contributed by atoms with van der Waals surface area (Å²) in [6.07, 6.45) is 4.68. The first-order valence-corrected chi connectivity index (χ1v) is 5.35. The van der Waals surface area contributed by atoms with Gasteiger partial charge in [-0.3, -0.25) is 0 Å². The molecule has 74 valence electrons. The molecule has 0 unspecified atom stereocenters. The van der Waals surface area contributed by atoms with E-state index in [9.17, 15) is 0 Å². The standard InChI is InChI=1S/C10H17NO2/c11-9-5-7-1-2-8(6-9)10(7)12-3-4-13-10/h7-9H,1-6,11H2/t7-,8-/m0/s1. The van der Waals surface area contributed by atoms with Crippen molar-refractivity contribution in [1.82, 2.24) is 0 Å². The van der Waals surface area contributed by atoms with Crippen molar-refractivity contribution < 1.29 is 9.47 Å². The normalized spacial score (nSPS) is 47.3. The van der Waals surface area contributed by atoms with Gasteiger partial charge >= 0.3 is 0 Å². The maximum Gasteiger partial charge on any atom is 0.174 e. The summed E-state index contributed by atoms with van der Waals surface area (Å²) in [5, 5.41) is 0. The molecule has 1 aliphatic heterocycles. The average Bonchev–Trinajstić information content (AvgIpc) is 2.63. The third-order valence-electron chi connectivity index (χ3n) is 3.91. The maximum absolute atomic E-state index is 6.00. The largest absolute Gasteiger partial charge is 0.347 e. The topological polar surface area (TPSA) is 44.5 Å². The monoisotopic (exact) mass is 183 g/mol. The van der Waals surface area contributed by atoms with Crippen molar-refractivity contribution in [2.45, 2.75) is 37.5 Å². The molecule has 3 aliphatic rings. The Morgan fingerprint density at radius 1 is 1.00 bits per heavy atom. The first kappa shape index (κ1) is 8.21. The Labute approximate surface area is 78.6 Å². The zero-order valence-electron chi connectivity index (χ0n) is 7.87. The molecule has 3 rings (SSSR count). The van der Waals surface area contributed by atoms with Crippen LogP contribution in [-0.2, 0) is 9.47 Å². The number of ether oxygens (including phenoxy) is 2. The highest BCUT2D eigenvalue weighted by atomic mass is 16.7. The Balaban J connectivity index is 1.89. The van der Waals surface area contributed by atoms with E-state index in [1.54, 1.807) is 0 Å². The average molecular weight is 183 g/mol. The van der Waals surface area contributed by atoms with Gasteiger partial charge in [0.05, 0.1) is 13.2 Å². The molecular formula is C10H17NO2. The van der Waals surface area contributed by atoms with Crippen molar-refractivity contribution in [3.63, 3.8) is 0 Å². The van der Waals surface area contributed by atoms with Gasteiger partial charge in [0.25, 0.3) is 0 Å². The molecule has 2 bridgehead atoms. The minimum absolute atomic E-state index is 0.199. The smallest absolute Gasteiger partial charge is 0.174 e. The number of nitrogens with two attached hydrogens (primary N) is 1. The molecule has 3 fully saturated rings. The van der Waals surface area contributed by atoms with Gasteiger partial charge in [0, 0.05) is 17.9 Å². The van der Waals surface area contributed by atoms with Crippen molar-refractivity contribution in [3.8, 4) is 0 Å². The highest BCUT2D eigenvalue weighted by Crippen LogP contribution is 2.53. The summed E-state index contributed by atoms with van der Waals surface area (Å²) in [5.41, 5.74) is 6.00. The molecule has 0 radical (unpaired) electrons. The molecule has 0 amide bonds. The van der Waals surface area contributed by atoms with Gasteiger partial charge in [-0.2, -0.15) is 0 Å². The summed E-state index contributed by atoms with van der Waals surface area (Å²) < 4.78 is 11.7. The summed E-state index contributed by atoms with van der Waals surface area (Å²) in [6.45, 7) is 1.56. The van der Waals surface area contributed by atoms with Crippen molar-refractivity contribution in [3.05, 3.63) is 0 Å². The Kier molecular flexibility index (Phi) is 1.70. The minimum atomic E-state index is -0.199. The number of hydrogen-bond donors (Lipinski definition) is 1. The lowest BCUT2D eigenvalue weighted by Gasteiger charge is -2.41. The van der Waals surface area contributed by atoms with Crippen LogP contribution in [-0.4, -0.2) is 25.0 Å². The summed E-state index contributed by atoms with van der Waals surface area (Å²) in [4.78, 5) is 0. The lowest BCUT2D eigenvalue weighted by Crippen LogP contribution is -2.49. The summed E-state index contributed by atoms with van der Waals surface area (Å²) in [5.74, 6) is 0.947. The summed E-state index contributed by atoms with van der Waals surface area (Å²) >= 11 is 0. The molecule has 0 aromatic carbocycles. The second-order valence-electron chi connectivity index (χ2n) is 4.62. The predicted molar refractivity (Wildman–Crippen MR) is 48.1 cm³/mol. The fraction of sp³-hybridized carbons (Fsp3) is 1.00. The van der Waals surface area contributed by atoms with Crippen molar-refractivity contribution in [2.75, 3.05) is 13.2 Å². The van der Waals surface area contributed by atoms with Gasteiger partial charge in [0.2, 0.25) is 0 Å². The molecule has 0 aromatic heterocycles. The van der Waals surface area contributed by atoms with E-state index < -0.39 is 0 Å². The van der Waals surface area contributed by atoms with Gasteiger partial charge in [0.1, 0.15) is 0 Å². The second-order valence-corrected chi connectivity index (χ2v) is 4.62. The molecule has 3 nitrogen and oxygen atoms in total. The lowest BCUT2D eigenvalue weighted by molar-refractivity contribution is -0.224. The van der Waals surface area contributed by atoms with E-state index in [1.807, 2.05) is 0 Å². The molecule has 2 N–H and O–H groups in total. The van der Waals surface area contributed by atoms with Crippen LogP contribution in [0.3, 0.4) is 0 Å². The van der Waals surface area contributed by atoms with Crippen LogP contribution in [0.4, 0.5) is 0 Å². The van der Waals surface area contributed by atoms with E-state index in [2.05, 4.69) is 0 Å². The molecule has 13 heavy (non-hydrogen) atoms. The van der Waals surface area contributed by atoms with Crippen LogP contribution in [0.5, 0.6) is 0 Å². The van der Waals surface area contributed by atoms with Crippen molar-refractivity contribution in [2.24, 2.45) is 17.6 Å². The fourth-order valence-corrected chi connectivity index (χ4v) is 3.44. The first-order chi connectivity index (χ1) is 6.31. The van der Waals surface area contributed by atoms with Gasteiger partial charge in [-0.15, -0.1) is 0 Å². The third kappa shape index (κ3) is 1.01. The van der Waals surface area contributed by atoms with Crippen LogP contribution in [0.1, 0.15) is 25.7 Å². The Hall–Kier alpha value is -0.120. The molecule has 3 heteroatoms. The Bertz CT molecular complexity index is 197. The van der Waals surface area contributed by atoms with Gasteiger partial charge in [-0.25, -0.2) is 0 Å². The van der Waals surface area contributed by atoms with Crippen molar-refractivity contribution >= 4 is 0 Å². The summed E-state index contributed by atoms with van der Waals surface area (Å²) in [7, 11) is 0. The number of rotatable bonds is 0.